The number of nitrogens with two attached hydrogens (primary N) is 1. The van der Waals surface area contributed by atoms with E-state index in [-0.39, 0.29) is 6.10 Å². The molecule has 0 saturated carbocycles. The van der Waals surface area contributed by atoms with Gasteiger partial charge in [-0.05, 0) is 24.5 Å². The smallest absolute Gasteiger partial charge is 0.0574 e. The van der Waals surface area contributed by atoms with Crippen molar-refractivity contribution in [2.45, 2.75) is 32.3 Å². The molecule has 0 spiro atoms. The first-order valence-electron chi connectivity index (χ1n) is 5.43. The van der Waals surface area contributed by atoms with E-state index in [0.29, 0.717) is 6.42 Å². The SMILES string of the molecule is CCCC(O)C/C=C/c1ccccc1N. The van der Waals surface area contributed by atoms with Crippen LogP contribution >= 0.6 is 0 Å². The molecule has 15 heavy (non-hydrogen) atoms. The molecule has 0 bridgehead atoms. The molecule has 0 saturated heterocycles. The van der Waals surface area contributed by atoms with E-state index in [1.54, 1.807) is 0 Å². The Bertz CT molecular complexity index is 320. The number of para-hydroxylation sites is 1. The van der Waals surface area contributed by atoms with E-state index in [2.05, 4.69) is 6.92 Å². The number of anilines is 1. The Morgan fingerprint density at radius 1 is 1.40 bits per heavy atom. The maximum atomic E-state index is 9.51. The molecule has 0 fully saturated rings. The number of benzene rings is 1. The topological polar surface area (TPSA) is 46.2 Å². The van der Waals surface area contributed by atoms with Gasteiger partial charge in [0.1, 0.15) is 0 Å². The lowest BCUT2D eigenvalue weighted by atomic mass is 10.1. The van der Waals surface area contributed by atoms with Gasteiger partial charge < -0.3 is 10.8 Å². The Labute approximate surface area is 91.4 Å². The minimum absolute atomic E-state index is 0.226. The molecule has 0 aliphatic carbocycles. The highest BCUT2D eigenvalue weighted by molar-refractivity contribution is 5.63. The van der Waals surface area contributed by atoms with Crippen molar-refractivity contribution in [3.63, 3.8) is 0 Å². The summed E-state index contributed by atoms with van der Waals surface area (Å²) in [5.74, 6) is 0. The Balaban J connectivity index is 2.48. The van der Waals surface area contributed by atoms with E-state index in [4.69, 9.17) is 5.73 Å². The van der Waals surface area contributed by atoms with Crippen molar-refractivity contribution in [2.24, 2.45) is 0 Å². The van der Waals surface area contributed by atoms with Gasteiger partial charge in [0.25, 0.3) is 0 Å². The molecule has 2 heteroatoms. The van der Waals surface area contributed by atoms with E-state index in [0.717, 1.165) is 24.1 Å². The Kier molecular flexibility index (Phi) is 4.91. The first kappa shape index (κ1) is 11.8. The average Bonchev–Trinajstić information content (AvgIpc) is 2.21. The van der Waals surface area contributed by atoms with Crippen molar-refractivity contribution < 1.29 is 5.11 Å². The van der Waals surface area contributed by atoms with Gasteiger partial charge in [-0.3, -0.25) is 0 Å². The van der Waals surface area contributed by atoms with Gasteiger partial charge in [-0.2, -0.15) is 0 Å². The molecule has 0 aromatic heterocycles. The van der Waals surface area contributed by atoms with Crippen molar-refractivity contribution in [1.82, 2.24) is 0 Å². The Morgan fingerprint density at radius 2 is 2.13 bits per heavy atom. The molecule has 82 valence electrons. The molecule has 1 aromatic carbocycles. The molecule has 1 unspecified atom stereocenters. The van der Waals surface area contributed by atoms with Crippen molar-refractivity contribution in [2.75, 3.05) is 5.73 Å². The number of aliphatic hydroxyl groups is 1. The molecular formula is C13H19NO. The standard InChI is InChI=1S/C13H19NO/c1-2-6-12(15)9-5-8-11-7-3-4-10-13(11)14/h3-5,7-8,10,12,15H,2,6,9,14H2,1H3/b8-5+. The third-order valence-electron chi connectivity index (χ3n) is 2.32. The van der Waals surface area contributed by atoms with Gasteiger partial charge in [-0.15, -0.1) is 0 Å². The maximum Gasteiger partial charge on any atom is 0.0574 e. The normalized spacial score (nSPS) is 13.2. The lowest BCUT2D eigenvalue weighted by Gasteiger charge is -2.04. The predicted molar refractivity (Wildman–Crippen MR) is 65.4 cm³/mol. The molecule has 2 nitrogen and oxygen atoms in total. The number of hydrogen-bond donors (Lipinski definition) is 2. The van der Waals surface area contributed by atoms with Gasteiger partial charge in [0.2, 0.25) is 0 Å². The second-order valence-corrected chi connectivity index (χ2v) is 3.71. The monoisotopic (exact) mass is 205 g/mol. The van der Waals surface area contributed by atoms with Gasteiger partial charge in [-0.25, -0.2) is 0 Å². The van der Waals surface area contributed by atoms with Gasteiger partial charge in [0.15, 0.2) is 0 Å². The zero-order chi connectivity index (χ0) is 11.1. The summed E-state index contributed by atoms with van der Waals surface area (Å²) in [4.78, 5) is 0. The molecule has 0 aliphatic rings. The molecule has 0 amide bonds. The van der Waals surface area contributed by atoms with E-state index >= 15 is 0 Å². The van der Waals surface area contributed by atoms with E-state index in [1.807, 2.05) is 36.4 Å². The second-order valence-electron chi connectivity index (χ2n) is 3.71. The fraction of sp³-hybridized carbons (Fsp3) is 0.385. The summed E-state index contributed by atoms with van der Waals surface area (Å²) in [6.07, 6.45) is 6.29. The van der Waals surface area contributed by atoms with Crippen LogP contribution in [-0.2, 0) is 0 Å². The van der Waals surface area contributed by atoms with Crippen LogP contribution in [0.1, 0.15) is 31.7 Å². The molecule has 0 heterocycles. The van der Waals surface area contributed by atoms with Crippen molar-refractivity contribution in [3.05, 3.63) is 35.9 Å². The number of aliphatic hydroxyl groups excluding tert-OH is 1. The first-order valence-corrected chi connectivity index (χ1v) is 5.43. The molecule has 3 N–H and O–H groups in total. The second kappa shape index (κ2) is 6.25. The molecular weight excluding hydrogens is 186 g/mol. The van der Waals surface area contributed by atoms with Crippen LogP contribution in [0.15, 0.2) is 30.3 Å². The maximum absolute atomic E-state index is 9.51. The number of nitrogen functional groups attached to an aromatic ring is 1. The van der Waals surface area contributed by atoms with Crippen LogP contribution < -0.4 is 5.73 Å². The highest BCUT2D eigenvalue weighted by Gasteiger charge is 1.98. The van der Waals surface area contributed by atoms with Crippen molar-refractivity contribution in [3.8, 4) is 0 Å². The highest BCUT2D eigenvalue weighted by atomic mass is 16.3. The lowest BCUT2D eigenvalue weighted by molar-refractivity contribution is 0.167. The fourth-order valence-corrected chi connectivity index (χ4v) is 1.47. The summed E-state index contributed by atoms with van der Waals surface area (Å²) in [5, 5.41) is 9.51. The van der Waals surface area contributed by atoms with Crippen LogP contribution in [0.25, 0.3) is 6.08 Å². The summed E-state index contributed by atoms with van der Waals surface area (Å²) in [6, 6.07) is 7.72. The predicted octanol–water partition coefficient (Wildman–Crippen LogP) is 2.83. The summed E-state index contributed by atoms with van der Waals surface area (Å²) in [6.45, 7) is 2.07. The van der Waals surface area contributed by atoms with Crippen LogP contribution in [0, 0.1) is 0 Å². The molecule has 0 aliphatic heterocycles. The van der Waals surface area contributed by atoms with Gasteiger partial charge in [0, 0.05) is 5.69 Å². The lowest BCUT2D eigenvalue weighted by Crippen LogP contribution is -2.03. The molecule has 1 atom stereocenters. The molecule has 1 rings (SSSR count). The van der Waals surface area contributed by atoms with Crippen LogP contribution in [0.2, 0.25) is 0 Å². The Morgan fingerprint density at radius 3 is 2.80 bits per heavy atom. The van der Waals surface area contributed by atoms with Gasteiger partial charge >= 0.3 is 0 Å². The Hall–Kier alpha value is -1.28. The van der Waals surface area contributed by atoms with Crippen molar-refractivity contribution >= 4 is 11.8 Å². The van der Waals surface area contributed by atoms with Crippen LogP contribution in [0.5, 0.6) is 0 Å². The van der Waals surface area contributed by atoms with Crippen molar-refractivity contribution in [1.29, 1.82) is 0 Å². The first-order chi connectivity index (χ1) is 7.24. The van der Waals surface area contributed by atoms with Gasteiger partial charge in [-0.1, -0.05) is 43.7 Å². The van der Waals surface area contributed by atoms with E-state index in [9.17, 15) is 5.11 Å². The molecule has 0 radical (unpaired) electrons. The van der Waals surface area contributed by atoms with Gasteiger partial charge in [0.05, 0.1) is 6.10 Å². The largest absolute Gasteiger partial charge is 0.398 e. The fourth-order valence-electron chi connectivity index (χ4n) is 1.47. The minimum Gasteiger partial charge on any atom is -0.398 e. The summed E-state index contributed by atoms with van der Waals surface area (Å²) in [5.41, 5.74) is 7.57. The summed E-state index contributed by atoms with van der Waals surface area (Å²) >= 11 is 0. The van der Waals surface area contributed by atoms with E-state index in [1.165, 1.54) is 0 Å². The van der Waals surface area contributed by atoms with Crippen LogP contribution in [0.4, 0.5) is 5.69 Å². The van der Waals surface area contributed by atoms with Crippen LogP contribution in [0.3, 0.4) is 0 Å². The number of hydrogen-bond acceptors (Lipinski definition) is 2. The summed E-state index contributed by atoms with van der Waals surface area (Å²) < 4.78 is 0. The quantitative estimate of drug-likeness (QED) is 0.726. The average molecular weight is 205 g/mol. The number of rotatable bonds is 5. The minimum atomic E-state index is -0.226. The molecule has 1 aromatic rings. The van der Waals surface area contributed by atoms with Crippen LogP contribution in [-0.4, -0.2) is 11.2 Å². The van der Waals surface area contributed by atoms with E-state index < -0.39 is 0 Å². The third-order valence-corrected chi connectivity index (χ3v) is 2.32. The third kappa shape index (κ3) is 4.17. The zero-order valence-corrected chi connectivity index (χ0v) is 9.19. The zero-order valence-electron chi connectivity index (χ0n) is 9.19. The highest BCUT2D eigenvalue weighted by Crippen LogP contribution is 2.13. The summed E-state index contributed by atoms with van der Waals surface area (Å²) in [7, 11) is 0.